The summed E-state index contributed by atoms with van der Waals surface area (Å²) in [4.78, 5) is 0. The summed E-state index contributed by atoms with van der Waals surface area (Å²) in [5.41, 5.74) is 2.52. The Hall–Kier alpha value is -1.54. The third-order valence-electron chi connectivity index (χ3n) is 2.45. The monoisotopic (exact) mass is 245 g/mol. The summed E-state index contributed by atoms with van der Waals surface area (Å²) in [7, 11) is 0. The van der Waals surface area contributed by atoms with Gasteiger partial charge in [-0.2, -0.15) is 0 Å². The number of nitrogens with one attached hydrogen (secondary N) is 1. The highest BCUT2D eigenvalue weighted by Crippen LogP contribution is 2.14. The van der Waals surface area contributed by atoms with Crippen LogP contribution in [-0.4, -0.2) is 19.2 Å². The highest BCUT2D eigenvalue weighted by atomic mass is 16.5. The second kappa shape index (κ2) is 7.72. The average Bonchev–Trinajstić information content (AvgIpc) is 2.35. The van der Waals surface area contributed by atoms with Crippen LogP contribution < -0.4 is 10.1 Å². The highest BCUT2D eigenvalue weighted by Gasteiger charge is 1.96. The second-order valence-electron chi connectivity index (χ2n) is 4.70. The first-order chi connectivity index (χ1) is 8.61. The molecule has 1 aromatic rings. The Morgan fingerprint density at radius 2 is 2.00 bits per heavy atom. The molecule has 2 heteroatoms. The van der Waals surface area contributed by atoms with Crippen molar-refractivity contribution in [3.63, 3.8) is 0 Å². The Morgan fingerprint density at radius 1 is 1.33 bits per heavy atom. The van der Waals surface area contributed by atoms with Crippen molar-refractivity contribution in [2.75, 3.05) is 13.2 Å². The first-order valence-corrected chi connectivity index (χ1v) is 6.36. The van der Waals surface area contributed by atoms with Crippen molar-refractivity contribution in [2.45, 2.75) is 26.8 Å². The van der Waals surface area contributed by atoms with E-state index in [1.165, 1.54) is 11.1 Å². The van der Waals surface area contributed by atoms with Crippen LogP contribution in [0.25, 0.3) is 6.08 Å². The van der Waals surface area contributed by atoms with Crippen molar-refractivity contribution < 1.29 is 4.74 Å². The molecule has 0 unspecified atom stereocenters. The second-order valence-corrected chi connectivity index (χ2v) is 4.70. The Bertz CT molecular complexity index is 390. The van der Waals surface area contributed by atoms with Crippen LogP contribution in [0, 0.1) is 0 Å². The van der Waals surface area contributed by atoms with Gasteiger partial charge in [0.2, 0.25) is 0 Å². The predicted molar refractivity (Wildman–Crippen MR) is 78.9 cm³/mol. The third kappa shape index (κ3) is 5.69. The fourth-order valence-corrected chi connectivity index (χ4v) is 1.52. The maximum absolute atomic E-state index is 5.44. The first kappa shape index (κ1) is 14.5. The SMILES string of the molecule is C=CCOc1ccc(C=C(C)CNC(C)C)cc1. The van der Waals surface area contributed by atoms with Crippen LogP contribution in [0.3, 0.4) is 0 Å². The minimum atomic E-state index is 0.517. The van der Waals surface area contributed by atoms with Gasteiger partial charge in [-0.1, -0.05) is 50.3 Å². The van der Waals surface area contributed by atoms with Gasteiger partial charge < -0.3 is 10.1 Å². The van der Waals surface area contributed by atoms with Gasteiger partial charge >= 0.3 is 0 Å². The van der Waals surface area contributed by atoms with E-state index >= 15 is 0 Å². The van der Waals surface area contributed by atoms with Crippen LogP contribution in [0.2, 0.25) is 0 Å². The van der Waals surface area contributed by atoms with Crippen molar-refractivity contribution in [1.29, 1.82) is 0 Å². The lowest BCUT2D eigenvalue weighted by atomic mass is 10.1. The number of benzene rings is 1. The Morgan fingerprint density at radius 3 is 2.56 bits per heavy atom. The molecule has 1 N–H and O–H groups in total. The molecule has 2 nitrogen and oxygen atoms in total. The lowest BCUT2D eigenvalue weighted by Crippen LogP contribution is -2.24. The maximum atomic E-state index is 5.44. The number of rotatable bonds is 7. The molecular weight excluding hydrogens is 222 g/mol. The van der Waals surface area contributed by atoms with Gasteiger partial charge in [-0.25, -0.2) is 0 Å². The van der Waals surface area contributed by atoms with Crippen molar-refractivity contribution in [3.05, 3.63) is 48.1 Å². The molecule has 0 aliphatic rings. The summed E-state index contributed by atoms with van der Waals surface area (Å²) in [5, 5.41) is 3.40. The molecule has 1 rings (SSSR count). The zero-order chi connectivity index (χ0) is 13.4. The van der Waals surface area contributed by atoms with E-state index in [0.717, 1.165) is 12.3 Å². The summed E-state index contributed by atoms with van der Waals surface area (Å²) < 4.78 is 5.44. The van der Waals surface area contributed by atoms with E-state index < -0.39 is 0 Å². The molecule has 0 amide bonds. The molecule has 0 saturated carbocycles. The highest BCUT2D eigenvalue weighted by molar-refractivity contribution is 5.53. The zero-order valence-corrected chi connectivity index (χ0v) is 11.6. The van der Waals surface area contributed by atoms with Gasteiger partial charge in [0.05, 0.1) is 0 Å². The molecule has 0 atom stereocenters. The molecule has 0 heterocycles. The van der Waals surface area contributed by atoms with Gasteiger partial charge in [0.1, 0.15) is 12.4 Å². The van der Waals surface area contributed by atoms with Gasteiger partial charge in [0.25, 0.3) is 0 Å². The molecular formula is C16H23NO. The topological polar surface area (TPSA) is 21.3 Å². The van der Waals surface area contributed by atoms with E-state index in [0.29, 0.717) is 12.6 Å². The summed E-state index contributed by atoms with van der Waals surface area (Å²) in [6.07, 6.45) is 3.93. The molecule has 0 aliphatic carbocycles. The van der Waals surface area contributed by atoms with E-state index in [2.05, 4.69) is 50.9 Å². The standard InChI is InChI=1S/C16H23NO/c1-5-10-18-16-8-6-15(7-9-16)11-14(4)12-17-13(2)3/h5-9,11,13,17H,1,10,12H2,2-4H3. The van der Waals surface area contributed by atoms with Gasteiger partial charge in [0.15, 0.2) is 0 Å². The van der Waals surface area contributed by atoms with Crippen molar-refractivity contribution in [1.82, 2.24) is 5.32 Å². The fourth-order valence-electron chi connectivity index (χ4n) is 1.52. The Labute approximate surface area is 110 Å². The van der Waals surface area contributed by atoms with Crippen LogP contribution in [0.5, 0.6) is 5.75 Å². The van der Waals surface area contributed by atoms with Crippen LogP contribution >= 0.6 is 0 Å². The molecule has 0 aromatic heterocycles. The smallest absolute Gasteiger partial charge is 0.119 e. The Kier molecular flexibility index (Phi) is 6.23. The van der Waals surface area contributed by atoms with Crippen molar-refractivity contribution >= 4 is 6.08 Å². The summed E-state index contributed by atoms with van der Waals surface area (Å²) in [6.45, 7) is 11.5. The molecule has 98 valence electrons. The van der Waals surface area contributed by atoms with E-state index in [1.54, 1.807) is 6.08 Å². The number of hydrogen-bond acceptors (Lipinski definition) is 2. The summed E-state index contributed by atoms with van der Waals surface area (Å²) in [5.74, 6) is 0.880. The van der Waals surface area contributed by atoms with Gasteiger partial charge in [0, 0.05) is 12.6 Å². The molecule has 18 heavy (non-hydrogen) atoms. The van der Waals surface area contributed by atoms with Gasteiger partial charge in [-0.3, -0.25) is 0 Å². The lowest BCUT2D eigenvalue weighted by Gasteiger charge is -2.08. The summed E-state index contributed by atoms with van der Waals surface area (Å²) in [6, 6.07) is 8.62. The third-order valence-corrected chi connectivity index (χ3v) is 2.45. The van der Waals surface area contributed by atoms with Crippen LogP contribution in [0.4, 0.5) is 0 Å². The molecule has 1 aromatic carbocycles. The first-order valence-electron chi connectivity index (χ1n) is 6.36. The molecule has 0 fully saturated rings. The zero-order valence-electron chi connectivity index (χ0n) is 11.6. The van der Waals surface area contributed by atoms with Gasteiger partial charge in [-0.05, 0) is 24.6 Å². The van der Waals surface area contributed by atoms with Crippen LogP contribution in [-0.2, 0) is 0 Å². The molecule has 0 aliphatic heterocycles. The van der Waals surface area contributed by atoms with E-state index in [4.69, 9.17) is 4.74 Å². The largest absolute Gasteiger partial charge is 0.490 e. The predicted octanol–water partition coefficient (Wildman–Crippen LogP) is 3.65. The van der Waals surface area contributed by atoms with Crippen LogP contribution in [0.1, 0.15) is 26.3 Å². The minimum absolute atomic E-state index is 0.517. The lowest BCUT2D eigenvalue weighted by molar-refractivity contribution is 0.363. The Balaban J connectivity index is 2.56. The number of hydrogen-bond donors (Lipinski definition) is 1. The van der Waals surface area contributed by atoms with Crippen molar-refractivity contribution in [3.8, 4) is 5.75 Å². The maximum Gasteiger partial charge on any atom is 0.119 e. The fraction of sp³-hybridized carbons (Fsp3) is 0.375. The van der Waals surface area contributed by atoms with E-state index in [-0.39, 0.29) is 0 Å². The number of ether oxygens (including phenoxy) is 1. The van der Waals surface area contributed by atoms with Crippen molar-refractivity contribution in [2.24, 2.45) is 0 Å². The molecule has 0 bridgehead atoms. The molecule has 0 saturated heterocycles. The van der Waals surface area contributed by atoms with E-state index in [9.17, 15) is 0 Å². The normalized spacial score (nSPS) is 11.7. The average molecular weight is 245 g/mol. The van der Waals surface area contributed by atoms with Crippen LogP contribution in [0.15, 0.2) is 42.5 Å². The van der Waals surface area contributed by atoms with Gasteiger partial charge in [-0.15, -0.1) is 0 Å². The quantitative estimate of drug-likeness (QED) is 0.740. The summed E-state index contributed by atoms with van der Waals surface area (Å²) >= 11 is 0. The minimum Gasteiger partial charge on any atom is -0.490 e. The molecule has 0 radical (unpaired) electrons. The molecule has 0 spiro atoms. The van der Waals surface area contributed by atoms with E-state index in [1.807, 2.05) is 12.1 Å².